The number of aromatic nitrogens is 3. The number of hydrogen-bond donors (Lipinski definition) is 4. The summed E-state index contributed by atoms with van der Waals surface area (Å²) >= 11 is 4.88. The first-order valence-corrected chi connectivity index (χ1v) is 15.9. The maximum Gasteiger partial charge on any atom is 1.00 e. The Balaban J connectivity index is 0.00000423. The number of phenolic OH excluding ortho intramolecular Hbond substituents is 2. The number of carboxylic acid groups (broad SMARTS) is 1. The second-order valence-electron chi connectivity index (χ2n) is 9.13. The van der Waals surface area contributed by atoms with Crippen molar-refractivity contribution in [2.75, 3.05) is 17.2 Å². The molecular formula is C24H22N7NaO7S4. The zero-order valence-electron chi connectivity index (χ0n) is 22.8. The van der Waals surface area contributed by atoms with Crippen LogP contribution in [0, 0.1) is 0 Å². The molecule has 43 heavy (non-hydrogen) atoms. The summed E-state index contributed by atoms with van der Waals surface area (Å²) in [6, 6.07) is 3.29. The van der Waals surface area contributed by atoms with Crippen LogP contribution in [-0.4, -0.2) is 82.8 Å². The standard InChI is InChI=1S/C24H23N7O7S4.Na/c1-9(2)38-30-15(12-8-40-23(25)26-12)18(34)27-16-20(35)31-17(22(36)37)11(6-39-21(16)31)7-41-24-29-28-19(42-24)10-3-4-13(32)14(33)5-10;/h3-5,8-9,16,21,32-33H,6-7H2,1-2H3,(H2,25,26)(H,27,34)(H,36,37);/q;+1/p-1/b30-15+;/t16-,21-;/m1./s1. The molecule has 5 N–H and O–H groups in total. The van der Waals surface area contributed by atoms with Gasteiger partial charge in [0, 0.05) is 22.4 Å². The van der Waals surface area contributed by atoms with Gasteiger partial charge in [-0.3, -0.25) is 14.5 Å². The van der Waals surface area contributed by atoms with Crippen molar-refractivity contribution < 1.29 is 64.1 Å². The van der Waals surface area contributed by atoms with E-state index in [1.807, 2.05) is 0 Å². The number of nitrogens with two attached hydrogens (primary N) is 1. The van der Waals surface area contributed by atoms with Crippen molar-refractivity contribution in [3.63, 3.8) is 0 Å². The summed E-state index contributed by atoms with van der Waals surface area (Å²) in [4.78, 5) is 48.8. The van der Waals surface area contributed by atoms with E-state index in [-0.39, 0.29) is 80.9 Å². The monoisotopic (exact) mass is 671 g/mol. The second-order valence-corrected chi connectivity index (χ2v) is 13.3. The molecule has 2 aliphatic rings. The number of nitrogens with zero attached hydrogens (tertiary/aromatic N) is 5. The predicted molar refractivity (Wildman–Crippen MR) is 156 cm³/mol. The van der Waals surface area contributed by atoms with Crippen molar-refractivity contribution in [2.45, 2.75) is 35.7 Å². The number of carbonyl (C=O) groups is 3. The summed E-state index contributed by atoms with van der Waals surface area (Å²) in [7, 11) is 0. The van der Waals surface area contributed by atoms with Crippen LogP contribution in [0.4, 0.5) is 5.13 Å². The van der Waals surface area contributed by atoms with Crippen LogP contribution in [0.2, 0.25) is 0 Å². The molecule has 0 bridgehead atoms. The minimum Gasteiger partial charge on any atom is -0.543 e. The molecule has 3 aromatic rings. The Hall–Kier alpha value is -2.87. The first kappa shape index (κ1) is 33.0. The van der Waals surface area contributed by atoms with Crippen LogP contribution in [0.5, 0.6) is 11.5 Å². The van der Waals surface area contributed by atoms with Crippen LogP contribution in [0.25, 0.3) is 10.6 Å². The Kier molecular flexibility index (Phi) is 10.6. The fraction of sp³-hybridized carbons (Fsp3) is 0.292. The summed E-state index contributed by atoms with van der Waals surface area (Å²) in [6.45, 7) is 3.46. The first-order valence-electron chi connectivity index (χ1n) is 12.2. The van der Waals surface area contributed by atoms with Gasteiger partial charge in [-0.1, -0.05) is 28.3 Å². The molecule has 19 heteroatoms. The second kappa shape index (κ2) is 13.8. The van der Waals surface area contributed by atoms with Crippen LogP contribution in [0.1, 0.15) is 19.5 Å². The number of hydrogen-bond acceptors (Lipinski definition) is 16. The number of thiazole rings is 1. The number of phenols is 2. The summed E-state index contributed by atoms with van der Waals surface area (Å²) < 4.78 is 0.535. The van der Waals surface area contributed by atoms with E-state index in [9.17, 15) is 29.7 Å². The summed E-state index contributed by atoms with van der Waals surface area (Å²) in [6.07, 6.45) is -0.321. The van der Waals surface area contributed by atoms with E-state index in [1.54, 1.807) is 19.9 Å². The molecule has 5 rings (SSSR count). The van der Waals surface area contributed by atoms with Gasteiger partial charge in [-0.2, -0.15) is 0 Å². The first-order chi connectivity index (χ1) is 20.0. The fourth-order valence-electron chi connectivity index (χ4n) is 3.94. The molecule has 1 saturated heterocycles. The van der Waals surface area contributed by atoms with Gasteiger partial charge in [-0.25, -0.2) is 4.98 Å². The molecule has 2 atom stereocenters. The van der Waals surface area contributed by atoms with E-state index in [2.05, 4.69) is 25.7 Å². The third-order valence-electron chi connectivity index (χ3n) is 5.86. The summed E-state index contributed by atoms with van der Waals surface area (Å²) in [5.74, 6) is -2.89. The zero-order valence-corrected chi connectivity index (χ0v) is 28.1. The van der Waals surface area contributed by atoms with Crippen molar-refractivity contribution in [1.29, 1.82) is 0 Å². The molecule has 220 valence electrons. The van der Waals surface area contributed by atoms with E-state index in [1.165, 1.54) is 52.4 Å². The number of anilines is 1. The number of carboxylic acids is 1. The number of carbonyl (C=O) groups excluding carboxylic acids is 3. The maximum atomic E-state index is 13.1. The molecule has 0 spiro atoms. The third kappa shape index (κ3) is 7.11. The number of nitrogens with one attached hydrogen (secondary N) is 1. The molecule has 1 fully saturated rings. The van der Waals surface area contributed by atoms with Gasteiger partial charge < -0.3 is 36.0 Å². The minimum atomic E-state index is -1.50. The number of thioether (sulfide) groups is 2. The largest absolute Gasteiger partial charge is 1.00 e. The van der Waals surface area contributed by atoms with Gasteiger partial charge in [0.2, 0.25) is 0 Å². The molecule has 0 saturated carbocycles. The number of aliphatic carboxylic acids is 1. The molecule has 1 aromatic carbocycles. The molecule has 0 radical (unpaired) electrons. The van der Waals surface area contributed by atoms with E-state index in [0.29, 0.717) is 20.5 Å². The Morgan fingerprint density at radius 1 is 1.30 bits per heavy atom. The Morgan fingerprint density at radius 2 is 2.07 bits per heavy atom. The number of amides is 2. The molecule has 2 aromatic heterocycles. The normalized spacial score (nSPS) is 18.2. The van der Waals surface area contributed by atoms with Gasteiger partial charge in [-0.05, 0) is 37.6 Å². The number of benzene rings is 1. The molecule has 0 unspecified atom stereocenters. The van der Waals surface area contributed by atoms with Gasteiger partial charge >= 0.3 is 29.6 Å². The van der Waals surface area contributed by atoms with Gasteiger partial charge in [0.05, 0.1) is 11.7 Å². The van der Waals surface area contributed by atoms with Crippen molar-refractivity contribution in [2.24, 2.45) is 5.16 Å². The van der Waals surface area contributed by atoms with Crippen molar-refractivity contribution in [3.8, 4) is 22.1 Å². The molecule has 2 amide bonds. The minimum absolute atomic E-state index is 0. The maximum absolute atomic E-state index is 13.1. The van der Waals surface area contributed by atoms with Crippen molar-refractivity contribution >= 4 is 74.8 Å². The number of β-lactam (4-membered cyclic amide) rings is 1. The quantitative estimate of drug-likeness (QED) is 0.0458. The summed E-state index contributed by atoms with van der Waals surface area (Å²) in [5, 5.41) is 47.7. The molecule has 0 aliphatic carbocycles. The fourth-order valence-corrected chi connectivity index (χ4v) is 7.82. The Labute approximate surface area is 283 Å². The number of aromatic hydroxyl groups is 2. The Morgan fingerprint density at radius 3 is 2.72 bits per heavy atom. The average Bonchev–Trinajstić information content (AvgIpc) is 3.60. The van der Waals surface area contributed by atoms with Crippen LogP contribution in [-0.2, 0) is 19.2 Å². The van der Waals surface area contributed by atoms with Gasteiger partial charge in [0.15, 0.2) is 26.7 Å². The SMILES string of the molecule is CC(C)O/N=C(/C(=O)N[C@@H]1C(=O)N2C(C(=O)[O-])=C(CSc3nnc(-c4ccc(O)c(O)c4)s3)CS[C@H]12)c1csc(N)n1.[Na+]. The molecule has 14 nitrogen and oxygen atoms in total. The van der Waals surface area contributed by atoms with Crippen LogP contribution in [0.3, 0.4) is 0 Å². The van der Waals surface area contributed by atoms with E-state index >= 15 is 0 Å². The van der Waals surface area contributed by atoms with E-state index in [4.69, 9.17) is 10.6 Å². The van der Waals surface area contributed by atoms with Crippen LogP contribution >= 0.6 is 46.2 Å². The van der Waals surface area contributed by atoms with Gasteiger partial charge in [0.25, 0.3) is 11.8 Å². The molecule has 4 heterocycles. The smallest absolute Gasteiger partial charge is 0.543 e. The molecular weight excluding hydrogens is 650 g/mol. The average molecular weight is 672 g/mol. The predicted octanol–water partition coefficient (Wildman–Crippen LogP) is -2.02. The van der Waals surface area contributed by atoms with Crippen molar-refractivity contribution in [3.05, 3.63) is 40.5 Å². The number of rotatable bonds is 10. The van der Waals surface area contributed by atoms with Crippen molar-refractivity contribution in [1.82, 2.24) is 25.4 Å². The summed E-state index contributed by atoms with van der Waals surface area (Å²) in [5.41, 5.74) is 6.51. The topological polar surface area (TPSA) is 216 Å². The van der Waals surface area contributed by atoms with E-state index < -0.39 is 29.2 Å². The molecule has 2 aliphatic heterocycles. The van der Waals surface area contributed by atoms with Gasteiger partial charge in [-0.15, -0.1) is 33.3 Å². The Bertz CT molecular complexity index is 1630. The van der Waals surface area contributed by atoms with Gasteiger partial charge in [0.1, 0.15) is 28.2 Å². The zero-order chi connectivity index (χ0) is 30.1. The number of oxime groups is 1. The third-order valence-corrected chi connectivity index (χ3v) is 10.1. The van der Waals surface area contributed by atoms with Crippen LogP contribution < -0.4 is 45.7 Å². The number of fused-ring (bicyclic) bond motifs is 1. The van der Waals surface area contributed by atoms with E-state index in [0.717, 1.165) is 16.2 Å². The van der Waals surface area contributed by atoms with Crippen LogP contribution in [0.15, 0.2) is 44.3 Å². The number of nitrogen functional groups attached to an aromatic ring is 1.